The SMILES string of the molecule is COC(=O)c1c2c(cn1C)S(=O)(=O)NC(C(C)(O)C(F)(F)F)CC2. The third kappa shape index (κ3) is 2.91. The number of aromatic nitrogens is 1. The lowest BCUT2D eigenvalue weighted by Gasteiger charge is -2.33. The van der Waals surface area contributed by atoms with Crippen LogP contribution in [0.1, 0.15) is 29.4 Å². The molecule has 1 aliphatic heterocycles. The van der Waals surface area contributed by atoms with E-state index < -0.39 is 33.8 Å². The van der Waals surface area contributed by atoms with Crippen molar-refractivity contribution in [3.05, 3.63) is 17.5 Å². The predicted octanol–water partition coefficient (Wildman–Crippen LogP) is 0.718. The number of nitrogens with one attached hydrogen (secondary N) is 1. The molecule has 7 nitrogen and oxygen atoms in total. The predicted molar refractivity (Wildman–Crippen MR) is 75.9 cm³/mol. The van der Waals surface area contributed by atoms with E-state index in [1.165, 1.54) is 11.6 Å². The topological polar surface area (TPSA) is 97.6 Å². The monoisotopic (exact) mass is 370 g/mol. The summed E-state index contributed by atoms with van der Waals surface area (Å²) in [6.45, 7) is 0.511. The molecule has 136 valence electrons. The van der Waals surface area contributed by atoms with Gasteiger partial charge in [0.2, 0.25) is 10.0 Å². The Morgan fingerprint density at radius 3 is 2.54 bits per heavy atom. The number of aliphatic hydroxyl groups is 1. The van der Waals surface area contributed by atoms with Gasteiger partial charge in [-0.15, -0.1) is 0 Å². The highest BCUT2D eigenvalue weighted by Gasteiger charge is 2.56. The second kappa shape index (κ2) is 5.74. The highest BCUT2D eigenvalue weighted by atomic mass is 32.2. The molecule has 2 heterocycles. The summed E-state index contributed by atoms with van der Waals surface area (Å²) in [5, 5.41) is 9.78. The van der Waals surface area contributed by atoms with Gasteiger partial charge in [-0.3, -0.25) is 0 Å². The number of carbonyl (C=O) groups excluding carboxylic acids is 1. The molecular formula is C13H17F3N2O5S. The van der Waals surface area contributed by atoms with Crippen LogP contribution >= 0.6 is 0 Å². The molecule has 0 amide bonds. The fraction of sp³-hybridized carbons (Fsp3) is 0.615. The van der Waals surface area contributed by atoms with Gasteiger partial charge < -0.3 is 14.4 Å². The molecular weight excluding hydrogens is 353 g/mol. The maximum atomic E-state index is 13.0. The van der Waals surface area contributed by atoms with E-state index in [1.807, 2.05) is 4.72 Å². The van der Waals surface area contributed by atoms with Crippen LogP contribution in [-0.2, 0) is 28.2 Å². The molecule has 0 aromatic carbocycles. The molecule has 0 spiro atoms. The minimum absolute atomic E-state index is 0.0508. The number of esters is 1. The lowest BCUT2D eigenvalue weighted by molar-refractivity contribution is -0.261. The van der Waals surface area contributed by atoms with Gasteiger partial charge in [0.05, 0.1) is 13.2 Å². The summed E-state index contributed by atoms with van der Waals surface area (Å²) in [5.74, 6) is -0.796. The van der Waals surface area contributed by atoms with Gasteiger partial charge in [0, 0.05) is 18.8 Å². The minimum atomic E-state index is -5.02. The average Bonchev–Trinajstić information content (AvgIpc) is 2.72. The Bertz CT molecular complexity index is 767. The molecule has 2 unspecified atom stereocenters. The van der Waals surface area contributed by atoms with Crippen LogP contribution in [0, 0.1) is 0 Å². The molecule has 2 rings (SSSR count). The van der Waals surface area contributed by atoms with E-state index >= 15 is 0 Å². The van der Waals surface area contributed by atoms with E-state index in [2.05, 4.69) is 4.74 Å². The Balaban J connectivity index is 2.53. The standard InChI is InChI=1S/C13H17F3N2O5S/c1-12(20,13(14,15)16)9-5-4-7-8(24(21,22)17-9)6-18(2)10(7)11(19)23-3/h6,9,17,20H,4-5H2,1-3H3. The molecule has 24 heavy (non-hydrogen) atoms. The van der Waals surface area contributed by atoms with Crippen LogP contribution in [0.2, 0.25) is 0 Å². The summed E-state index contributed by atoms with van der Waals surface area (Å²) < 4.78 is 71.6. The van der Waals surface area contributed by atoms with Crippen LogP contribution in [0.5, 0.6) is 0 Å². The summed E-state index contributed by atoms with van der Waals surface area (Å²) in [7, 11) is -1.81. The van der Waals surface area contributed by atoms with Gasteiger partial charge in [-0.1, -0.05) is 0 Å². The van der Waals surface area contributed by atoms with Crippen molar-refractivity contribution >= 4 is 16.0 Å². The normalized spacial score (nSPS) is 23.0. The second-order valence-corrected chi connectivity index (χ2v) is 7.46. The number of rotatable bonds is 2. The highest BCUT2D eigenvalue weighted by molar-refractivity contribution is 7.89. The van der Waals surface area contributed by atoms with E-state index in [1.54, 1.807) is 0 Å². The Kier molecular flexibility index (Phi) is 4.48. The number of nitrogens with zero attached hydrogens (tertiary/aromatic N) is 1. The van der Waals surface area contributed by atoms with E-state index in [0.29, 0.717) is 6.92 Å². The van der Waals surface area contributed by atoms with E-state index in [-0.39, 0.29) is 29.0 Å². The Morgan fingerprint density at radius 2 is 2.04 bits per heavy atom. The van der Waals surface area contributed by atoms with Gasteiger partial charge in [0.1, 0.15) is 10.6 Å². The maximum Gasteiger partial charge on any atom is 0.418 e. The van der Waals surface area contributed by atoms with Crippen molar-refractivity contribution < 1.29 is 36.2 Å². The molecule has 2 N–H and O–H groups in total. The van der Waals surface area contributed by atoms with Crippen molar-refractivity contribution in [2.45, 2.75) is 42.5 Å². The lowest BCUT2D eigenvalue weighted by atomic mass is 9.91. The third-order valence-corrected chi connectivity index (χ3v) is 5.67. The first-order valence-electron chi connectivity index (χ1n) is 6.91. The molecule has 1 aliphatic rings. The first kappa shape index (κ1) is 18.7. The lowest BCUT2D eigenvalue weighted by Crippen LogP contribution is -2.58. The van der Waals surface area contributed by atoms with Crippen LogP contribution in [0.4, 0.5) is 13.2 Å². The van der Waals surface area contributed by atoms with E-state index in [0.717, 1.165) is 13.3 Å². The number of hydrogen-bond acceptors (Lipinski definition) is 5. The summed E-state index contributed by atoms with van der Waals surface area (Å²) in [5.41, 5.74) is -3.24. The van der Waals surface area contributed by atoms with Gasteiger partial charge in [-0.05, 0) is 19.8 Å². The molecule has 1 aromatic heterocycles. The maximum absolute atomic E-state index is 13.0. The van der Waals surface area contributed by atoms with Crippen molar-refractivity contribution in [3.63, 3.8) is 0 Å². The molecule has 1 aromatic rings. The first-order chi connectivity index (χ1) is 10.8. The number of fused-ring (bicyclic) bond motifs is 1. The zero-order valence-electron chi connectivity index (χ0n) is 13.1. The smallest absolute Gasteiger partial charge is 0.418 e. The van der Waals surface area contributed by atoms with Crippen LogP contribution in [0.25, 0.3) is 0 Å². The Hall–Kier alpha value is -1.59. The number of hydrogen-bond donors (Lipinski definition) is 2. The van der Waals surface area contributed by atoms with Gasteiger partial charge in [-0.25, -0.2) is 17.9 Å². The molecule has 2 atom stereocenters. The molecule has 0 bridgehead atoms. The average molecular weight is 370 g/mol. The number of sulfonamides is 1. The van der Waals surface area contributed by atoms with Crippen molar-refractivity contribution in [2.75, 3.05) is 7.11 Å². The molecule has 0 aliphatic carbocycles. The van der Waals surface area contributed by atoms with E-state index in [4.69, 9.17) is 0 Å². The molecule has 0 radical (unpaired) electrons. The molecule has 0 fully saturated rings. The van der Waals surface area contributed by atoms with Gasteiger partial charge in [0.15, 0.2) is 5.60 Å². The highest BCUT2D eigenvalue weighted by Crippen LogP contribution is 2.37. The molecule has 11 heteroatoms. The quantitative estimate of drug-likeness (QED) is 0.748. The van der Waals surface area contributed by atoms with Gasteiger partial charge >= 0.3 is 12.1 Å². The Morgan fingerprint density at radius 1 is 1.46 bits per heavy atom. The van der Waals surface area contributed by atoms with Crippen LogP contribution in [-0.4, -0.2) is 49.0 Å². The van der Waals surface area contributed by atoms with Crippen LogP contribution in [0.15, 0.2) is 11.1 Å². The second-order valence-electron chi connectivity index (χ2n) is 5.78. The van der Waals surface area contributed by atoms with Crippen molar-refractivity contribution in [2.24, 2.45) is 7.05 Å². The number of aryl methyl sites for hydroxylation is 1. The number of methoxy groups -OCH3 is 1. The number of halogens is 3. The molecule has 0 saturated carbocycles. The Labute approximate surface area is 136 Å². The van der Waals surface area contributed by atoms with Crippen LogP contribution < -0.4 is 4.72 Å². The van der Waals surface area contributed by atoms with E-state index in [9.17, 15) is 31.5 Å². The number of carbonyl (C=O) groups is 1. The van der Waals surface area contributed by atoms with Crippen molar-refractivity contribution in [3.8, 4) is 0 Å². The van der Waals surface area contributed by atoms with Gasteiger partial charge in [-0.2, -0.15) is 13.2 Å². The van der Waals surface area contributed by atoms with Crippen LogP contribution in [0.3, 0.4) is 0 Å². The van der Waals surface area contributed by atoms with Crippen molar-refractivity contribution in [1.29, 1.82) is 0 Å². The number of ether oxygens (including phenoxy) is 1. The van der Waals surface area contributed by atoms with Gasteiger partial charge in [0.25, 0.3) is 0 Å². The fourth-order valence-corrected chi connectivity index (χ4v) is 4.35. The summed E-state index contributed by atoms with van der Waals surface area (Å²) in [4.78, 5) is 11.5. The largest absolute Gasteiger partial charge is 0.464 e. The third-order valence-electron chi connectivity index (χ3n) is 4.15. The van der Waals surface area contributed by atoms with Crippen molar-refractivity contribution in [1.82, 2.24) is 9.29 Å². The summed E-state index contributed by atoms with van der Waals surface area (Å²) in [6.07, 6.45) is -4.38. The zero-order chi connectivity index (χ0) is 18.5. The summed E-state index contributed by atoms with van der Waals surface area (Å²) >= 11 is 0. The number of alkyl halides is 3. The zero-order valence-corrected chi connectivity index (χ0v) is 14.0. The minimum Gasteiger partial charge on any atom is -0.464 e. The first-order valence-corrected chi connectivity index (χ1v) is 8.39. The molecule has 0 saturated heterocycles. The summed E-state index contributed by atoms with van der Waals surface area (Å²) in [6, 6.07) is -1.79. The fourth-order valence-electron chi connectivity index (χ4n) is 2.68.